The van der Waals surface area contributed by atoms with Crippen molar-refractivity contribution in [3.8, 4) is 0 Å². The standard InChI is InChI=1S/C20H28N2O2S/c23-20-13-21(18-8-9-25-15-18)11-19(24-14-17-6-7-17)12-22(20)10-16-4-2-1-3-5-16/h1-5,17-19H,6-15H2/t18-,19-/m1/s1. The van der Waals surface area contributed by atoms with Crippen LogP contribution in [0.15, 0.2) is 30.3 Å². The van der Waals surface area contributed by atoms with E-state index in [1.807, 2.05) is 34.9 Å². The Morgan fingerprint density at radius 1 is 1.12 bits per heavy atom. The molecule has 0 bridgehead atoms. The summed E-state index contributed by atoms with van der Waals surface area (Å²) in [6.07, 6.45) is 3.96. The van der Waals surface area contributed by atoms with Crippen LogP contribution in [0.2, 0.25) is 0 Å². The first-order chi connectivity index (χ1) is 12.3. The molecule has 1 aliphatic carbocycles. The zero-order valence-electron chi connectivity index (χ0n) is 14.8. The number of hydrogen-bond acceptors (Lipinski definition) is 4. The first-order valence-electron chi connectivity index (χ1n) is 9.53. The molecule has 3 fully saturated rings. The van der Waals surface area contributed by atoms with E-state index in [1.54, 1.807) is 0 Å². The summed E-state index contributed by atoms with van der Waals surface area (Å²) in [4.78, 5) is 17.3. The molecule has 2 atom stereocenters. The van der Waals surface area contributed by atoms with Crippen molar-refractivity contribution in [2.75, 3.05) is 37.7 Å². The molecule has 2 saturated heterocycles. The summed E-state index contributed by atoms with van der Waals surface area (Å²) < 4.78 is 6.25. The Morgan fingerprint density at radius 2 is 1.96 bits per heavy atom. The van der Waals surface area contributed by atoms with Gasteiger partial charge in [-0.1, -0.05) is 30.3 Å². The van der Waals surface area contributed by atoms with Crippen LogP contribution in [0.4, 0.5) is 0 Å². The van der Waals surface area contributed by atoms with E-state index in [1.165, 1.54) is 30.6 Å². The van der Waals surface area contributed by atoms with Gasteiger partial charge in [-0.3, -0.25) is 9.69 Å². The van der Waals surface area contributed by atoms with Crippen LogP contribution in [0.3, 0.4) is 0 Å². The number of nitrogens with zero attached hydrogens (tertiary/aromatic N) is 2. The molecule has 4 rings (SSSR count). The van der Waals surface area contributed by atoms with E-state index in [2.05, 4.69) is 17.0 Å². The van der Waals surface area contributed by atoms with Crippen LogP contribution in [0.1, 0.15) is 24.8 Å². The lowest BCUT2D eigenvalue weighted by atomic mass is 10.2. The molecule has 136 valence electrons. The SMILES string of the molecule is O=C1CN([C@@H]2CCSC2)C[C@@H](OCC2CC2)CN1Cc1ccccc1. The van der Waals surface area contributed by atoms with E-state index < -0.39 is 0 Å². The zero-order valence-corrected chi connectivity index (χ0v) is 15.6. The molecule has 5 heteroatoms. The second-order valence-corrected chi connectivity index (χ2v) is 8.76. The van der Waals surface area contributed by atoms with Crippen molar-refractivity contribution in [2.24, 2.45) is 5.92 Å². The predicted molar refractivity (Wildman–Crippen MR) is 102 cm³/mol. The Labute approximate surface area is 154 Å². The maximum atomic E-state index is 12.9. The fourth-order valence-corrected chi connectivity index (χ4v) is 4.97. The molecule has 4 nitrogen and oxygen atoms in total. The Kier molecular flexibility index (Phi) is 5.63. The number of rotatable bonds is 6. The van der Waals surface area contributed by atoms with Crippen molar-refractivity contribution in [1.29, 1.82) is 0 Å². The van der Waals surface area contributed by atoms with E-state index in [0.29, 0.717) is 19.1 Å². The normalized spacial score (nSPS) is 28.3. The van der Waals surface area contributed by atoms with Crippen molar-refractivity contribution >= 4 is 17.7 Å². The van der Waals surface area contributed by atoms with Crippen LogP contribution in [-0.2, 0) is 16.1 Å². The first-order valence-corrected chi connectivity index (χ1v) is 10.7. The van der Waals surface area contributed by atoms with Gasteiger partial charge in [0.2, 0.25) is 5.91 Å². The van der Waals surface area contributed by atoms with Crippen LogP contribution in [-0.4, -0.2) is 65.6 Å². The van der Waals surface area contributed by atoms with Gasteiger partial charge in [-0.25, -0.2) is 0 Å². The van der Waals surface area contributed by atoms with Crippen LogP contribution in [0, 0.1) is 5.92 Å². The maximum absolute atomic E-state index is 12.9. The van der Waals surface area contributed by atoms with E-state index in [9.17, 15) is 4.79 Å². The van der Waals surface area contributed by atoms with Crippen LogP contribution in [0.25, 0.3) is 0 Å². The summed E-state index contributed by atoms with van der Waals surface area (Å²) in [5.41, 5.74) is 1.20. The van der Waals surface area contributed by atoms with E-state index >= 15 is 0 Å². The van der Waals surface area contributed by atoms with Crippen LogP contribution < -0.4 is 0 Å². The third-order valence-electron chi connectivity index (χ3n) is 5.46. The van der Waals surface area contributed by atoms with Gasteiger partial charge < -0.3 is 9.64 Å². The molecular weight excluding hydrogens is 332 g/mol. The van der Waals surface area contributed by atoms with Gasteiger partial charge in [0.15, 0.2) is 0 Å². The molecule has 1 aromatic rings. The lowest BCUT2D eigenvalue weighted by Crippen LogP contribution is -2.42. The van der Waals surface area contributed by atoms with Crippen molar-refractivity contribution < 1.29 is 9.53 Å². The van der Waals surface area contributed by atoms with Gasteiger partial charge in [-0.05, 0) is 36.5 Å². The molecule has 1 saturated carbocycles. The number of benzene rings is 1. The van der Waals surface area contributed by atoms with Gasteiger partial charge in [0.1, 0.15) is 0 Å². The Morgan fingerprint density at radius 3 is 2.68 bits per heavy atom. The zero-order chi connectivity index (χ0) is 17.1. The second-order valence-electron chi connectivity index (χ2n) is 7.61. The van der Waals surface area contributed by atoms with Crippen molar-refractivity contribution in [3.63, 3.8) is 0 Å². The number of amides is 1. The summed E-state index contributed by atoms with van der Waals surface area (Å²) in [6.45, 7) is 3.72. The molecule has 0 spiro atoms. The van der Waals surface area contributed by atoms with Crippen molar-refractivity contribution in [1.82, 2.24) is 9.80 Å². The molecule has 2 heterocycles. The van der Waals surface area contributed by atoms with Gasteiger partial charge in [-0.2, -0.15) is 11.8 Å². The number of hydrogen-bond donors (Lipinski definition) is 0. The quantitative estimate of drug-likeness (QED) is 0.781. The summed E-state index contributed by atoms with van der Waals surface area (Å²) in [5.74, 6) is 3.38. The maximum Gasteiger partial charge on any atom is 0.237 e. The highest BCUT2D eigenvalue weighted by molar-refractivity contribution is 7.99. The fraction of sp³-hybridized carbons (Fsp3) is 0.650. The number of carbonyl (C=O) groups excluding carboxylic acids is 1. The summed E-state index contributed by atoms with van der Waals surface area (Å²) in [6, 6.07) is 10.8. The van der Waals surface area contributed by atoms with Gasteiger partial charge >= 0.3 is 0 Å². The third-order valence-corrected chi connectivity index (χ3v) is 6.60. The summed E-state index contributed by atoms with van der Waals surface area (Å²) >= 11 is 2.01. The Balaban J connectivity index is 1.45. The first kappa shape index (κ1) is 17.4. The Hall–Kier alpha value is -1.04. The minimum absolute atomic E-state index is 0.140. The highest BCUT2D eigenvalue weighted by Crippen LogP contribution is 2.30. The van der Waals surface area contributed by atoms with Gasteiger partial charge in [-0.15, -0.1) is 0 Å². The van der Waals surface area contributed by atoms with Crippen molar-refractivity contribution in [2.45, 2.75) is 38.0 Å². The predicted octanol–water partition coefficient (Wildman–Crippen LogP) is 2.63. The molecule has 0 radical (unpaired) electrons. The minimum Gasteiger partial charge on any atom is -0.375 e. The molecule has 0 aromatic heterocycles. The molecule has 3 aliphatic rings. The second kappa shape index (κ2) is 8.11. The highest BCUT2D eigenvalue weighted by Gasteiger charge is 2.34. The average molecular weight is 361 g/mol. The van der Waals surface area contributed by atoms with Crippen molar-refractivity contribution in [3.05, 3.63) is 35.9 Å². The highest BCUT2D eigenvalue weighted by atomic mass is 32.2. The molecule has 0 N–H and O–H groups in total. The van der Waals surface area contributed by atoms with E-state index in [0.717, 1.165) is 31.4 Å². The molecule has 1 amide bonds. The fourth-order valence-electron chi connectivity index (χ4n) is 3.71. The number of ether oxygens (including phenoxy) is 1. The molecule has 0 unspecified atom stereocenters. The monoisotopic (exact) mass is 360 g/mol. The molecule has 2 aliphatic heterocycles. The van der Waals surface area contributed by atoms with Gasteiger partial charge in [0.25, 0.3) is 0 Å². The molecule has 25 heavy (non-hydrogen) atoms. The molecular formula is C20H28N2O2S. The number of thioether (sulfide) groups is 1. The Bertz CT molecular complexity index is 572. The topological polar surface area (TPSA) is 32.8 Å². The van der Waals surface area contributed by atoms with Crippen LogP contribution >= 0.6 is 11.8 Å². The minimum atomic E-state index is 0.140. The molecule has 1 aromatic carbocycles. The smallest absolute Gasteiger partial charge is 0.237 e. The lowest BCUT2D eigenvalue weighted by Gasteiger charge is -2.28. The van der Waals surface area contributed by atoms with E-state index in [4.69, 9.17) is 4.74 Å². The average Bonchev–Trinajstić information content (AvgIpc) is 3.33. The summed E-state index contributed by atoms with van der Waals surface area (Å²) in [7, 11) is 0. The van der Waals surface area contributed by atoms with Gasteiger partial charge in [0.05, 0.1) is 12.6 Å². The largest absolute Gasteiger partial charge is 0.375 e. The van der Waals surface area contributed by atoms with Crippen LogP contribution in [0.5, 0.6) is 0 Å². The van der Waals surface area contributed by atoms with Gasteiger partial charge in [0, 0.05) is 38.0 Å². The third kappa shape index (κ3) is 4.78. The summed E-state index contributed by atoms with van der Waals surface area (Å²) in [5, 5.41) is 0. The lowest BCUT2D eigenvalue weighted by molar-refractivity contribution is -0.132. The number of carbonyl (C=O) groups is 1. The van der Waals surface area contributed by atoms with E-state index in [-0.39, 0.29) is 12.0 Å².